The summed E-state index contributed by atoms with van der Waals surface area (Å²) in [6, 6.07) is 7.56. The first kappa shape index (κ1) is 15.6. The van der Waals surface area contributed by atoms with Crippen molar-refractivity contribution in [2.75, 3.05) is 26.2 Å². The molecule has 4 rings (SSSR count). The second-order valence-electron chi connectivity index (χ2n) is 7.16. The van der Waals surface area contributed by atoms with Crippen molar-refractivity contribution in [2.45, 2.75) is 38.1 Å². The van der Waals surface area contributed by atoms with Gasteiger partial charge in [0, 0.05) is 39.1 Å². The van der Waals surface area contributed by atoms with Gasteiger partial charge in [-0.15, -0.1) is 0 Å². The largest absolute Gasteiger partial charge is 0.391 e. The van der Waals surface area contributed by atoms with Crippen LogP contribution in [0.5, 0.6) is 0 Å². The van der Waals surface area contributed by atoms with Crippen molar-refractivity contribution in [2.24, 2.45) is 0 Å². The Morgan fingerprint density at radius 1 is 1.00 bits per heavy atom. The van der Waals surface area contributed by atoms with E-state index in [1.54, 1.807) is 9.80 Å². The fourth-order valence-corrected chi connectivity index (χ4v) is 4.08. The summed E-state index contributed by atoms with van der Waals surface area (Å²) in [5.41, 5.74) is 2.45. The van der Waals surface area contributed by atoms with E-state index in [1.807, 2.05) is 0 Å². The minimum absolute atomic E-state index is 0.00568. The molecule has 128 valence electrons. The molecule has 0 bridgehead atoms. The predicted molar refractivity (Wildman–Crippen MR) is 88.1 cm³/mol. The lowest BCUT2D eigenvalue weighted by atomic mass is 10.0. The lowest BCUT2D eigenvalue weighted by Crippen LogP contribution is -2.68. The molecule has 0 aromatic heterocycles. The average molecular weight is 329 g/mol. The van der Waals surface area contributed by atoms with Gasteiger partial charge in [-0.1, -0.05) is 29.8 Å². The third-order valence-corrected chi connectivity index (χ3v) is 5.41. The van der Waals surface area contributed by atoms with E-state index >= 15 is 0 Å². The quantitative estimate of drug-likeness (QED) is 0.828. The maximum Gasteiger partial charge on any atom is 0.247 e. The Balaban J connectivity index is 1.48. The molecule has 1 aromatic carbocycles. The molecule has 0 unspecified atom stereocenters. The first-order chi connectivity index (χ1) is 11.5. The number of carbonyl (C=O) groups excluding carboxylic acids is 2. The van der Waals surface area contributed by atoms with Gasteiger partial charge in [0.2, 0.25) is 11.8 Å². The second-order valence-corrected chi connectivity index (χ2v) is 7.16. The summed E-state index contributed by atoms with van der Waals surface area (Å²) in [6.07, 6.45) is -0.200. The van der Waals surface area contributed by atoms with Crippen molar-refractivity contribution < 1.29 is 14.7 Å². The molecular formula is C18H23N3O3. The van der Waals surface area contributed by atoms with E-state index in [9.17, 15) is 14.7 Å². The Kier molecular flexibility index (Phi) is 3.81. The van der Waals surface area contributed by atoms with Crippen LogP contribution in [0.4, 0.5) is 0 Å². The number of nitrogens with zero attached hydrogens (tertiary/aromatic N) is 3. The first-order valence-corrected chi connectivity index (χ1v) is 8.60. The molecule has 0 spiro atoms. The van der Waals surface area contributed by atoms with Crippen LogP contribution in [0.3, 0.4) is 0 Å². The normalized spacial score (nSPS) is 30.5. The van der Waals surface area contributed by atoms with Gasteiger partial charge in [0.1, 0.15) is 12.1 Å². The number of benzene rings is 1. The predicted octanol–water partition coefficient (Wildman–Crippen LogP) is -0.0168. The van der Waals surface area contributed by atoms with Gasteiger partial charge in [-0.2, -0.15) is 0 Å². The van der Waals surface area contributed by atoms with Crippen LogP contribution in [0.1, 0.15) is 17.5 Å². The number of amides is 2. The Bertz CT molecular complexity index is 660. The maximum atomic E-state index is 12.8. The first-order valence-electron chi connectivity index (χ1n) is 8.60. The van der Waals surface area contributed by atoms with E-state index in [2.05, 4.69) is 36.1 Å². The van der Waals surface area contributed by atoms with Crippen molar-refractivity contribution in [3.8, 4) is 0 Å². The molecule has 3 heterocycles. The Morgan fingerprint density at radius 2 is 1.71 bits per heavy atom. The highest BCUT2D eigenvalue weighted by Gasteiger charge is 2.51. The molecule has 6 nitrogen and oxygen atoms in total. The minimum Gasteiger partial charge on any atom is -0.391 e. The van der Waals surface area contributed by atoms with Crippen LogP contribution in [-0.2, 0) is 16.1 Å². The third kappa shape index (κ3) is 2.59. The number of piperazine rings is 2. The van der Waals surface area contributed by atoms with E-state index in [0.717, 1.165) is 13.1 Å². The molecule has 3 aliphatic rings. The molecule has 0 radical (unpaired) electrons. The summed E-state index contributed by atoms with van der Waals surface area (Å²) >= 11 is 0. The van der Waals surface area contributed by atoms with Gasteiger partial charge >= 0.3 is 0 Å². The van der Waals surface area contributed by atoms with Crippen LogP contribution in [0.2, 0.25) is 0 Å². The summed E-state index contributed by atoms with van der Waals surface area (Å²) in [5.74, 6) is -0.00380. The van der Waals surface area contributed by atoms with E-state index in [-0.39, 0.29) is 18.4 Å². The van der Waals surface area contributed by atoms with Crippen molar-refractivity contribution in [3.05, 3.63) is 35.4 Å². The smallest absolute Gasteiger partial charge is 0.247 e. The van der Waals surface area contributed by atoms with Crippen LogP contribution in [0.25, 0.3) is 0 Å². The lowest BCUT2D eigenvalue weighted by molar-refractivity contribution is -0.163. The number of aliphatic hydroxyl groups is 1. The average Bonchev–Trinajstić information content (AvgIpc) is 2.97. The van der Waals surface area contributed by atoms with Crippen LogP contribution >= 0.6 is 0 Å². The van der Waals surface area contributed by atoms with Gasteiger partial charge in [0.15, 0.2) is 0 Å². The van der Waals surface area contributed by atoms with E-state index in [0.29, 0.717) is 19.5 Å². The van der Waals surface area contributed by atoms with Crippen LogP contribution in [0, 0.1) is 6.92 Å². The molecular weight excluding hydrogens is 306 g/mol. The summed E-state index contributed by atoms with van der Waals surface area (Å²) < 4.78 is 0. The molecule has 3 atom stereocenters. The van der Waals surface area contributed by atoms with Crippen LogP contribution < -0.4 is 0 Å². The van der Waals surface area contributed by atoms with Gasteiger partial charge < -0.3 is 14.9 Å². The topological polar surface area (TPSA) is 64.1 Å². The standard InChI is InChI=1S/C18H23N3O3/c1-12-2-4-13(5-3-12)9-19-6-7-20-16(11-19)18(24)21-10-14(22)8-15(21)17(20)23/h2-5,14-16,22H,6-11H2,1H3/t14-,15+,16-/m1/s1. The van der Waals surface area contributed by atoms with Gasteiger partial charge in [0.05, 0.1) is 6.10 Å². The van der Waals surface area contributed by atoms with Crippen molar-refractivity contribution in [3.63, 3.8) is 0 Å². The number of hydrogen-bond acceptors (Lipinski definition) is 4. The number of carbonyl (C=O) groups is 2. The zero-order valence-corrected chi connectivity index (χ0v) is 13.9. The third-order valence-electron chi connectivity index (χ3n) is 5.41. The highest BCUT2D eigenvalue weighted by atomic mass is 16.3. The summed E-state index contributed by atoms with van der Waals surface area (Å²) in [7, 11) is 0. The summed E-state index contributed by atoms with van der Waals surface area (Å²) in [5, 5.41) is 9.82. The number of rotatable bonds is 2. The Hall–Kier alpha value is -1.92. The van der Waals surface area contributed by atoms with Gasteiger partial charge in [-0.05, 0) is 12.5 Å². The number of fused-ring (bicyclic) bond motifs is 2. The molecule has 1 N–H and O–H groups in total. The fourth-order valence-electron chi connectivity index (χ4n) is 4.08. The summed E-state index contributed by atoms with van der Waals surface area (Å²) in [4.78, 5) is 31.0. The fraction of sp³-hybridized carbons (Fsp3) is 0.556. The number of aliphatic hydroxyl groups excluding tert-OH is 1. The van der Waals surface area contributed by atoms with Crippen molar-refractivity contribution in [1.29, 1.82) is 0 Å². The van der Waals surface area contributed by atoms with Crippen LogP contribution in [-0.4, -0.2) is 76.0 Å². The molecule has 3 saturated heterocycles. The molecule has 3 fully saturated rings. The van der Waals surface area contributed by atoms with Gasteiger partial charge in [-0.3, -0.25) is 14.5 Å². The van der Waals surface area contributed by atoms with E-state index in [1.165, 1.54) is 11.1 Å². The Labute approximate surface area is 141 Å². The zero-order valence-electron chi connectivity index (χ0n) is 13.9. The summed E-state index contributed by atoms with van der Waals surface area (Å²) in [6.45, 7) is 5.07. The molecule has 6 heteroatoms. The molecule has 0 aliphatic carbocycles. The van der Waals surface area contributed by atoms with Crippen LogP contribution in [0.15, 0.2) is 24.3 Å². The Morgan fingerprint density at radius 3 is 2.46 bits per heavy atom. The lowest BCUT2D eigenvalue weighted by Gasteiger charge is -2.47. The van der Waals surface area contributed by atoms with Crippen molar-refractivity contribution in [1.82, 2.24) is 14.7 Å². The second kappa shape index (κ2) is 5.86. The van der Waals surface area contributed by atoms with E-state index in [4.69, 9.17) is 0 Å². The highest BCUT2D eigenvalue weighted by Crippen LogP contribution is 2.29. The number of aryl methyl sites for hydroxylation is 1. The molecule has 1 aromatic rings. The maximum absolute atomic E-state index is 12.8. The zero-order chi connectivity index (χ0) is 16.8. The monoisotopic (exact) mass is 329 g/mol. The van der Waals surface area contributed by atoms with Gasteiger partial charge in [-0.25, -0.2) is 0 Å². The van der Waals surface area contributed by atoms with Crippen molar-refractivity contribution >= 4 is 11.8 Å². The minimum atomic E-state index is -0.576. The molecule has 0 saturated carbocycles. The SMILES string of the molecule is Cc1ccc(CN2CCN3C(=O)[C@@H]4C[C@@H](O)CN4C(=O)[C@H]3C2)cc1. The highest BCUT2D eigenvalue weighted by molar-refractivity contribution is 5.97. The molecule has 24 heavy (non-hydrogen) atoms. The molecule has 2 amide bonds. The number of hydrogen-bond donors (Lipinski definition) is 1. The molecule has 3 aliphatic heterocycles. The van der Waals surface area contributed by atoms with Gasteiger partial charge in [0.25, 0.3) is 0 Å². The van der Waals surface area contributed by atoms with E-state index < -0.39 is 18.2 Å².